The van der Waals surface area contributed by atoms with Crippen molar-refractivity contribution < 1.29 is 14.2 Å². The molecule has 3 aromatic carbocycles. The molecule has 1 fully saturated rings. The molecule has 4 rings (SSSR count). The normalized spacial score (nSPS) is 19.8. The van der Waals surface area contributed by atoms with E-state index in [0.29, 0.717) is 6.61 Å². The van der Waals surface area contributed by atoms with Gasteiger partial charge in [-0.05, 0) is 36.0 Å². The van der Waals surface area contributed by atoms with E-state index in [9.17, 15) is 0 Å². The van der Waals surface area contributed by atoms with Crippen LogP contribution in [0.4, 0.5) is 0 Å². The molecule has 1 heterocycles. The van der Waals surface area contributed by atoms with E-state index < -0.39 is 5.60 Å². The van der Waals surface area contributed by atoms with E-state index in [1.165, 1.54) is 0 Å². The van der Waals surface area contributed by atoms with Crippen molar-refractivity contribution in [2.75, 3.05) is 13.7 Å². The molecule has 29 heavy (non-hydrogen) atoms. The van der Waals surface area contributed by atoms with Crippen LogP contribution in [0.1, 0.15) is 36.0 Å². The molecule has 1 saturated heterocycles. The summed E-state index contributed by atoms with van der Waals surface area (Å²) in [5.74, 6) is 0. The van der Waals surface area contributed by atoms with Gasteiger partial charge in [0.15, 0.2) is 6.29 Å². The fourth-order valence-electron chi connectivity index (χ4n) is 4.15. The van der Waals surface area contributed by atoms with Crippen LogP contribution in [-0.2, 0) is 19.8 Å². The van der Waals surface area contributed by atoms with Crippen molar-refractivity contribution in [2.45, 2.75) is 37.3 Å². The zero-order chi connectivity index (χ0) is 19.9. The van der Waals surface area contributed by atoms with Crippen LogP contribution in [0.2, 0.25) is 0 Å². The molecule has 0 bridgehead atoms. The van der Waals surface area contributed by atoms with Gasteiger partial charge in [0.1, 0.15) is 5.60 Å². The van der Waals surface area contributed by atoms with Crippen LogP contribution in [0.3, 0.4) is 0 Å². The molecule has 3 aromatic rings. The Morgan fingerprint density at radius 3 is 1.69 bits per heavy atom. The van der Waals surface area contributed by atoms with Gasteiger partial charge in [-0.3, -0.25) is 0 Å². The van der Waals surface area contributed by atoms with Gasteiger partial charge < -0.3 is 14.2 Å². The maximum atomic E-state index is 6.84. The molecular weight excluding hydrogens is 360 g/mol. The van der Waals surface area contributed by atoms with Gasteiger partial charge in [-0.1, -0.05) is 91.0 Å². The Balaban J connectivity index is 1.76. The fourth-order valence-corrected chi connectivity index (χ4v) is 4.15. The quantitative estimate of drug-likeness (QED) is 0.498. The average molecular weight is 389 g/mol. The highest BCUT2D eigenvalue weighted by Crippen LogP contribution is 2.41. The highest BCUT2D eigenvalue weighted by molar-refractivity contribution is 5.47. The van der Waals surface area contributed by atoms with E-state index in [-0.39, 0.29) is 12.4 Å². The highest BCUT2D eigenvalue weighted by atomic mass is 16.7. The lowest BCUT2D eigenvalue weighted by molar-refractivity contribution is -0.199. The second kappa shape index (κ2) is 9.36. The van der Waals surface area contributed by atoms with Crippen molar-refractivity contribution in [3.05, 3.63) is 108 Å². The minimum absolute atomic E-state index is 0.0178. The van der Waals surface area contributed by atoms with Crippen LogP contribution in [0.25, 0.3) is 0 Å². The molecule has 0 spiro atoms. The summed E-state index contributed by atoms with van der Waals surface area (Å²) in [7, 11) is 1.70. The minimum atomic E-state index is -0.701. The van der Waals surface area contributed by atoms with Gasteiger partial charge >= 0.3 is 0 Å². The molecule has 2 atom stereocenters. The Hall–Kier alpha value is -2.46. The average Bonchev–Trinajstić information content (AvgIpc) is 2.82. The summed E-state index contributed by atoms with van der Waals surface area (Å²) < 4.78 is 18.4. The van der Waals surface area contributed by atoms with Gasteiger partial charge in [0.25, 0.3) is 0 Å². The van der Waals surface area contributed by atoms with Crippen molar-refractivity contribution in [3.63, 3.8) is 0 Å². The molecule has 0 saturated carbocycles. The summed E-state index contributed by atoms with van der Waals surface area (Å²) in [5, 5.41) is 0. The molecule has 0 N–H and O–H groups in total. The maximum absolute atomic E-state index is 6.84. The van der Waals surface area contributed by atoms with Crippen LogP contribution in [0.5, 0.6) is 0 Å². The molecule has 1 aliphatic heterocycles. The van der Waals surface area contributed by atoms with Gasteiger partial charge in [0.2, 0.25) is 0 Å². The van der Waals surface area contributed by atoms with Crippen molar-refractivity contribution >= 4 is 0 Å². The van der Waals surface area contributed by atoms with Crippen LogP contribution in [0.15, 0.2) is 91.0 Å². The summed E-state index contributed by atoms with van der Waals surface area (Å²) in [6.45, 7) is 0.499. The third-order valence-corrected chi connectivity index (χ3v) is 5.60. The minimum Gasteiger partial charge on any atom is -0.358 e. The summed E-state index contributed by atoms with van der Waals surface area (Å²) >= 11 is 0. The molecule has 0 amide bonds. The van der Waals surface area contributed by atoms with E-state index in [1.54, 1.807) is 7.11 Å². The van der Waals surface area contributed by atoms with Crippen molar-refractivity contribution in [1.29, 1.82) is 0 Å². The second-order valence-corrected chi connectivity index (χ2v) is 7.44. The van der Waals surface area contributed by atoms with E-state index in [1.807, 2.05) is 18.2 Å². The number of ether oxygens (including phenoxy) is 3. The molecule has 0 aromatic heterocycles. The van der Waals surface area contributed by atoms with E-state index >= 15 is 0 Å². The number of benzene rings is 3. The Morgan fingerprint density at radius 1 is 0.759 bits per heavy atom. The van der Waals surface area contributed by atoms with E-state index in [0.717, 1.165) is 36.0 Å². The van der Waals surface area contributed by atoms with Gasteiger partial charge in [-0.15, -0.1) is 0 Å². The number of hydrogen-bond acceptors (Lipinski definition) is 3. The van der Waals surface area contributed by atoms with Crippen molar-refractivity contribution in [3.8, 4) is 0 Å². The first-order valence-corrected chi connectivity index (χ1v) is 10.3. The van der Waals surface area contributed by atoms with Gasteiger partial charge in [0, 0.05) is 7.11 Å². The largest absolute Gasteiger partial charge is 0.358 e. The van der Waals surface area contributed by atoms with Crippen LogP contribution in [0, 0.1) is 0 Å². The Bertz CT molecular complexity index is 768. The molecule has 1 aliphatic rings. The van der Waals surface area contributed by atoms with E-state index in [4.69, 9.17) is 14.2 Å². The molecule has 150 valence electrons. The molecular formula is C26H28O3. The summed E-state index contributed by atoms with van der Waals surface area (Å²) in [5.41, 5.74) is 2.62. The third kappa shape index (κ3) is 4.27. The number of rotatable bonds is 7. The van der Waals surface area contributed by atoms with Crippen molar-refractivity contribution in [2.24, 2.45) is 0 Å². The maximum Gasteiger partial charge on any atom is 0.157 e. The fraction of sp³-hybridized carbons (Fsp3) is 0.308. The van der Waals surface area contributed by atoms with Crippen LogP contribution < -0.4 is 0 Å². The zero-order valence-corrected chi connectivity index (χ0v) is 16.9. The topological polar surface area (TPSA) is 27.7 Å². The first-order chi connectivity index (χ1) is 14.3. The monoisotopic (exact) mass is 388 g/mol. The summed E-state index contributed by atoms with van der Waals surface area (Å²) in [6, 6.07) is 31.4. The van der Waals surface area contributed by atoms with Crippen molar-refractivity contribution in [1.82, 2.24) is 0 Å². The molecule has 0 aliphatic carbocycles. The zero-order valence-electron chi connectivity index (χ0n) is 16.9. The standard InChI is InChI=1S/C26H28O3/c1-27-25-19-11-18-24(29-25)20-28-26(21-12-5-2-6-13-21,22-14-7-3-8-15-22)23-16-9-4-10-17-23/h2-10,12-17,24-25H,11,18-20H2,1H3/t24-,25-/m1/s1. The van der Waals surface area contributed by atoms with Gasteiger partial charge in [-0.2, -0.15) is 0 Å². The lowest BCUT2D eigenvalue weighted by Crippen LogP contribution is -2.38. The number of hydrogen-bond donors (Lipinski definition) is 0. The lowest BCUT2D eigenvalue weighted by atomic mass is 9.80. The van der Waals surface area contributed by atoms with Crippen LogP contribution in [-0.4, -0.2) is 26.1 Å². The Kier molecular flexibility index (Phi) is 6.40. The highest BCUT2D eigenvalue weighted by Gasteiger charge is 2.38. The molecule has 0 unspecified atom stereocenters. The Labute approximate surface area is 173 Å². The third-order valence-electron chi connectivity index (χ3n) is 5.60. The SMILES string of the molecule is CO[C@H]1CCC[C@H](COC(c2ccccc2)(c2ccccc2)c2ccccc2)O1. The lowest BCUT2D eigenvalue weighted by Gasteiger charge is -2.38. The molecule has 3 heteroatoms. The summed E-state index contributed by atoms with van der Waals surface area (Å²) in [4.78, 5) is 0. The van der Waals surface area contributed by atoms with Gasteiger partial charge in [0.05, 0.1) is 12.7 Å². The van der Waals surface area contributed by atoms with Crippen LogP contribution >= 0.6 is 0 Å². The summed E-state index contributed by atoms with van der Waals surface area (Å²) in [6.07, 6.45) is 2.88. The predicted molar refractivity (Wildman–Crippen MR) is 115 cm³/mol. The molecule has 3 nitrogen and oxygen atoms in total. The second-order valence-electron chi connectivity index (χ2n) is 7.44. The van der Waals surface area contributed by atoms with E-state index in [2.05, 4.69) is 72.8 Å². The number of methoxy groups -OCH3 is 1. The first-order valence-electron chi connectivity index (χ1n) is 10.3. The first kappa shape index (κ1) is 19.8. The predicted octanol–water partition coefficient (Wildman–Crippen LogP) is 5.54. The smallest absolute Gasteiger partial charge is 0.157 e. The van der Waals surface area contributed by atoms with Gasteiger partial charge in [-0.25, -0.2) is 0 Å². The Morgan fingerprint density at radius 2 is 1.24 bits per heavy atom. The molecule has 0 radical (unpaired) electrons.